The highest BCUT2D eigenvalue weighted by molar-refractivity contribution is 6.22. The fraction of sp³-hybridized carbons (Fsp3) is 0.545. The fourth-order valence-electron chi connectivity index (χ4n) is 4.06. The number of carbonyl (C=O) groups excluding carboxylic acids is 4. The van der Waals surface area contributed by atoms with Crippen molar-refractivity contribution >= 4 is 23.7 Å². The van der Waals surface area contributed by atoms with Crippen LogP contribution in [0.5, 0.6) is 0 Å². The molecule has 1 unspecified atom stereocenters. The van der Waals surface area contributed by atoms with Crippen LogP contribution in [0.1, 0.15) is 60.7 Å². The first-order chi connectivity index (χ1) is 13.8. The molecule has 0 N–H and O–H groups in total. The molecule has 0 aliphatic carbocycles. The van der Waals surface area contributed by atoms with E-state index in [4.69, 9.17) is 4.74 Å². The Morgan fingerprint density at radius 1 is 1.07 bits per heavy atom. The maximum Gasteiger partial charge on any atom is 0.309 e. The van der Waals surface area contributed by atoms with E-state index in [2.05, 4.69) is 0 Å². The van der Waals surface area contributed by atoms with Gasteiger partial charge < -0.3 is 9.64 Å². The van der Waals surface area contributed by atoms with Crippen LogP contribution in [0.3, 0.4) is 0 Å². The largest absolute Gasteiger partial charge is 0.466 e. The molecule has 0 saturated carbocycles. The summed E-state index contributed by atoms with van der Waals surface area (Å²) in [6.07, 6.45) is 1.46. The van der Waals surface area contributed by atoms with Gasteiger partial charge in [0.05, 0.1) is 23.7 Å². The summed E-state index contributed by atoms with van der Waals surface area (Å²) in [6, 6.07) is 5.84. The lowest BCUT2D eigenvalue weighted by Gasteiger charge is -2.36. The Labute approximate surface area is 171 Å². The van der Waals surface area contributed by atoms with E-state index < -0.39 is 17.9 Å². The Kier molecular flexibility index (Phi) is 6.35. The second-order valence-corrected chi connectivity index (χ2v) is 8.02. The van der Waals surface area contributed by atoms with Gasteiger partial charge in [0.2, 0.25) is 5.91 Å². The minimum atomic E-state index is -0.832. The van der Waals surface area contributed by atoms with Crippen molar-refractivity contribution in [2.45, 2.75) is 46.1 Å². The van der Waals surface area contributed by atoms with Gasteiger partial charge in [-0.15, -0.1) is 0 Å². The second-order valence-electron chi connectivity index (χ2n) is 8.02. The Morgan fingerprint density at radius 3 is 2.10 bits per heavy atom. The lowest BCUT2D eigenvalue weighted by molar-refractivity contribution is -0.151. The van der Waals surface area contributed by atoms with Crippen LogP contribution in [0.25, 0.3) is 0 Å². The number of likely N-dealkylation sites (tertiary alicyclic amines) is 1. The zero-order valence-electron chi connectivity index (χ0n) is 17.2. The molecule has 2 aliphatic heterocycles. The van der Waals surface area contributed by atoms with Gasteiger partial charge in [0.25, 0.3) is 11.8 Å². The molecule has 0 bridgehead atoms. The standard InChI is InChI=1S/C22H28N2O5/c1-4-29-22(28)15-9-11-23(12-10-15)21(27)18(13-14(2)3)24-19(25)16-7-5-6-8-17(16)20(24)26/h5-8,14-15,18H,4,9-13H2,1-3H3. The zero-order valence-corrected chi connectivity index (χ0v) is 17.2. The Balaban J connectivity index is 1.76. The molecule has 7 nitrogen and oxygen atoms in total. The van der Waals surface area contributed by atoms with E-state index >= 15 is 0 Å². The summed E-state index contributed by atoms with van der Waals surface area (Å²) in [5, 5.41) is 0. The number of fused-ring (bicyclic) bond motifs is 1. The molecule has 1 saturated heterocycles. The predicted molar refractivity (Wildman–Crippen MR) is 106 cm³/mol. The topological polar surface area (TPSA) is 84.0 Å². The Hall–Kier alpha value is -2.70. The van der Waals surface area contributed by atoms with Crippen molar-refractivity contribution in [1.82, 2.24) is 9.80 Å². The van der Waals surface area contributed by atoms with Gasteiger partial charge in [0.1, 0.15) is 6.04 Å². The van der Waals surface area contributed by atoms with Crippen molar-refractivity contribution in [2.24, 2.45) is 11.8 Å². The maximum atomic E-state index is 13.3. The van der Waals surface area contributed by atoms with E-state index in [0.29, 0.717) is 50.1 Å². The van der Waals surface area contributed by atoms with Gasteiger partial charge in [-0.25, -0.2) is 0 Å². The molecule has 3 amide bonds. The highest BCUT2D eigenvalue weighted by atomic mass is 16.5. The van der Waals surface area contributed by atoms with Crippen LogP contribution in [0, 0.1) is 11.8 Å². The van der Waals surface area contributed by atoms with Gasteiger partial charge in [-0.05, 0) is 44.2 Å². The number of ether oxygens (including phenoxy) is 1. The van der Waals surface area contributed by atoms with E-state index in [1.54, 1.807) is 36.1 Å². The van der Waals surface area contributed by atoms with Gasteiger partial charge in [0, 0.05) is 13.1 Å². The van der Waals surface area contributed by atoms with Crippen molar-refractivity contribution in [3.63, 3.8) is 0 Å². The van der Waals surface area contributed by atoms with Crippen LogP contribution < -0.4 is 0 Å². The second kappa shape index (κ2) is 8.76. The zero-order chi connectivity index (χ0) is 21.1. The summed E-state index contributed by atoms with van der Waals surface area (Å²) in [6.45, 7) is 6.88. The summed E-state index contributed by atoms with van der Waals surface area (Å²) >= 11 is 0. The maximum absolute atomic E-state index is 13.3. The number of carbonyl (C=O) groups is 4. The summed E-state index contributed by atoms with van der Waals surface area (Å²) < 4.78 is 5.08. The Bertz CT molecular complexity index is 776. The number of nitrogens with zero attached hydrogens (tertiary/aromatic N) is 2. The number of benzene rings is 1. The summed E-state index contributed by atoms with van der Waals surface area (Å²) in [5.41, 5.74) is 0.695. The number of amides is 3. The van der Waals surface area contributed by atoms with E-state index in [1.165, 1.54) is 0 Å². The third-order valence-electron chi connectivity index (χ3n) is 5.54. The highest BCUT2D eigenvalue weighted by Gasteiger charge is 2.44. The fourth-order valence-corrected chi connectivity index (χ4v) is 4.06. The van der Waals surface area contributed by atoms with Gasteiger partial charge in [-0.3, -0.25) is 24.1 Å². The molecule has 1 aromatic carbocycles. The number of hydrogen-bond acceptors (Lipinski definition) is 5. The third-order valence-corrected chi connectivity index (χ3v) is 5.54. The average molecular weight is 400 g/mol. The molecule has 2 heterocycles. The van der Waals surface area contributed by atoms with Crippen LogP contribution >= 0.6 is 0 Å². The van der Waals surface area contributed by atoms with Gasteiger partial charge in [-0.2, -0.15) is 0 Å². The van der Waals surface area contributed by atoms with Crippen LogP contribution in [-0.2, 0) is 14.3 Å². The molecule has 3 rings (SSSR count). The summed E-state index contributed by atoms with van der Waals surface area (Å²) in [4.78, 5) is 53.9. The molecule has 29 heavy (non-hydrogen) atoms. The van der Waals surface area contributed by atoms with Gasteiger partial charge >= 0.3 is 5.97 Å². The molecule has 156 valence electrons. The van der Waals surface area contributed by atoms with E-state index in [0.717, 1.165) is 4.90 Å². The van der Waals surface area contributed by atoms with Crippen LogP contribution in [0.4, 0.5) is 0 Å². The molecule has 0 radical (unpaired) electrons. The number of piperidine rings is 1. The molecule has 7 heteroatoms. The molecule has 1 atom stereocenters. The normalized spacial score (nSPS) is 18.2. The summed E-state index contributed by atoms with van der Waals surface area (Å²) in [5.74, 6) is -1.35. The van der Waals surface area contributed by atoms with Gasteiger partial charge in [0.15, 0.2) is 0 Å². The molecule has 2 aliphatic rings. The summed E-state index contributed by atoms with van der Waals surface area (Å²) in [7, 11) is 0. The monoisotopic (exact) mass is 400 g/mol. The van der Waals surface area contributed by atoms with E-state index in [-0.39, 0.29) is 23.7 Å². The predicted octanol–water partition coefficient (Wildman–Crippen LogP) is 2.50. The lowest BCUT2D eigenvalue weighted by Crippen LogP contribution is -2.53. The first kappa shape index (κ1) is 21.0. The smallest absolute Gasteiger partial charge is 0.309 e. The number of esters is 1. The highest BCUT2D eigenvalue weighted by Crippen LogP contribution is 2.29. The van der Waals surface area contributed by atoms with E-state index in [9.17, 15) is 19.2 Å². The van der Waals surface area contributed by atoms with Crippen LogP contribution in [0.2, 0.25) is 0 Å². The van der Waals surface area contributed by atoms with Crippen LogP contribution in [0.15, 0.2) is 24.3 Å². The van der Waals surface area contributed by atoms with E-state index in [1.807, 2.05) is 13.8 Å². The number of hydrogen-bond donors (Lipinski definition) is 0. The lowest BCUT2D eigenvalue weighted by atomic mass is 9.95. The van der Waals surface area contributed by atoms with Crippen molar-refractivity contribution < 1.29 is 23.9 Å². The van der Waals surface area contributed by atoms with Crippen LogP contribution in [-0.4, -0.2) is 59.2 Å². The van der Waals surface area contributed by atoms with Crippen molar-refractivity contribution in [3.8, 4) is 0 Å². The molecule has 0 aromatic heterocycles. The Morgan fingerprint density at radius 2 is 1.62 bits per heavy atom. The first-order valence-electron chi connectivity index (χ1n) is 10.3. The first-order valence-corrected chi connectivity index (χ1v) is 10.3. The molecular weight excluding hydrogens is 372 g/mol. The third kappa shape index (κ3) is 4.18. The average Bonchev–Trinajstić information content (AvgIpc) is 2.96. The molecular formula is C22H28N2O5. The quantitative estimate of drug-likeness (QED) is 0.541. The molecule has 0 spiro atoms. The van der Waals surface area contributed by atoms with Crippen molar-refractivity contribution in [3.05, 3.63) is 35.4 Å². The molecule has 1 aromatic rings. The molecule has 1 fully saturated rings. The van der Waals surface area contributed by atoms with Crippen molar-refractivity contribution in [2.75, 3.05) is 19.7 Å². The van der Waals surface area contributed by atoms with Gasteiger partial charge in [-0.1, -0.05) is 26.0 Å². The van der Waals surface area contributed by atoms with Crippen molar-refractivity contribution in [1.29, 1.82) is 0 Å². The minimum Gasteiger partial charge on any atom is -0.466 e. The minimum absolute atomic E-state index is 0.130. The SMILES string of the molecule is CCOC(=O)C1CCN(C(=O)C(CC(C)C)N2C(=O)c3ccccc3C2=O)CC1. The number of rotatable bonds is 6. The number of imide groups is 1.